The van der Waals surface area contributed by atoms with E-state index in [9.17, 15) is 55.7 Å². The minimum Gasteiger partial charge on any atom is -0.466 e. The summed E-state index contributed by atoms with van der Waals surface area (Å²) in [6.45, 7) is 16.0. The van der Waals surface area contributed by atoms with Crippen LogP contribution >= 0.6 is 0 Å². The van der Waals surface area contributed by atoms with Crippen LogP contribution in [0.1, 0.15) is 148 Å². The molecule has 8 aromatic carbocycles. The van der Waals surface area contributed by atoms with E-state index in [2.05, 4.69) is 65.4 Å². The van der Waals surface area contributed by atoms with Gasteiger partial charge in [-0.05, 0) is 228 Å². The minimum absolute atomic E-state index is 0. The second-order valence-electron chi connectivity index (χ2n) is 33.7. The number of rotatable bonds is 23. The van der Waals surface area contributed by atoms with E-state index < -0.39 is 93.5 Å². The average molecular weight is 1860 g/mol. The molecule has 8 heterocycles. The summed E-state index contributed by atoms with van der Waals surface area (Å²) in [4.78, 5) is 0. The molecule has 0 saturated carbocycles. The maximum atomic E-state index is 13.1. The Morgan fingerprint density at radius 1 is 0.316 bits per heavy atom. The molecule has 13 aromatic rings. The molecule has 5 atom stereocenters. The van der Waals surface area contributed by atoms with Crippen LogP contribution < -0.4 is 157 Å². The fraction of sp³-hybridized carbons (Fsp3) is 0.258. The Hall–Kier alpha value is -10.9. The molecule has 3 aliphatic heterocycles. The van der Waals surface area contributed by atoms with Gasteiger partial charge in [-0.3, -0.25) is 0 Å². The van der Waals surface area contributed by atoms with E-state index >= 15 is 0 Å². The van der Waals surface area contributed by atoms with E-state index in [1.807, 2.05) is 198 Å². The summed E-state index contributed by atoms with van der Waals surface area (Å²) in [5, 5.41) is 77.8. The van der Waals surface area contributed by atoms with Crippen molar-refractivity contribution in [3.63, 3.8) is 0 Å². The van der Waals surface area contributed by atoms with Gasteiger partial charge < -0.3 is 103 Å². The molecule has 0 spiro atoms. The minimum atomic E-state index is -5.07. The van der Waals surface area contributed by atoms with Gasteiger partial charge in [0.15, 0.2) is 47.5 Å². The van der Waals surface area contributed by atoms with Gasteiger partial charge in [-0.2, -0.15) is 26.3 Å². The molecule has 5 N–H and O–H groups in total. The number of aromatic nitrogens is 4. The number of benzene rings is 8. The fourth-order valence-electron chi connectivity index (χ4n) is 12.9. The van der Waals surface area contributed by atoms with Crippen LogP contribution in [0.2, 0.25) is 0 Å². The van der Waals surface area contributed by atoms with Crippen molar-refractivity contribution in [2.75, 3.05) is 26.6 Å². The maximum absolute atomic E-state index is 13.1. The third-order valence-electron chi connectivity index (χ3n) is 22.6. The molecule has 16 rings (SSSR count). The summed E-state index contributed by atoms with van der Waals surface area (Å²) >= 11 is 0. The van der Waals surface area contributed by atoms with Crippen LogP contribution in [0.3, 0.4) is 0 Å². The SMILES string of the molecule is CC1(C)OB(c2ccc(NC(C#N)c3cc(-c4ccc(F)cc4)on3)cc2)OC1(C)C.CC1(C)OB(c2ccc(NC(C#N)c3cc(-c4ccccc4)on3)cc2)OC1(C)C.Cc1cc(C(C#N)Nc2ccc(B3OC(C)(C)C(C)(C)O3)cc2)no1.N#CC(Nc1ccc([B-](F)(F)F)cc1)c1cc(-c2ccc(F)cc2)on1.N#CC(Nc1ccc([B-](F)(F)F)cc1)c1ccco1.[K+].[K+]. The second-order valence-corrected chi connectivity index (χ2v) is 33.7. The van der Waals surface area contributed by atoms with E-state index in [4.69, 9.17) is 55.7 Å². The van der Waals surface area contributed by atoms with Gasteiger partial charge >= 0.3 is 138 Å². The molecule has 3 aliphatic rings. The monoisotopic (exact) mass is 1860 g/mol. The standard InChI is InChI=1S/C23H23BFN3O3.C23H24BN3O3.C18H22BN3O3.C17H11BF4N3O.C12H9BF3N2O.2K/c1-22(2)23(3,4)31-24(30-22)16-7-11-18(12-8-16)27-20(14-26)19-13-21(29-28-19)15-5-9-17(25)10-6-15;1-22(2)23(3,4)30-24(29-22)17-10-12-18(13-11-17)26-20(15-25)19-14-21(28-27-19)16-8-6-5-7-9-16;1-12-10-15(22-23-12)16(11-20)21-14-8-6-13(7-9-14)19-24-17(2,3)18(4,5)25-19;19-13-5-1-11(2-6-13)17-9-15(25-26-17)16(10-23)24-14-7-3-12(4-8-14)18(20,21)22;14-13(15,16)9-3-5-10(6-4-9)18-11(8-17)12-2-1-7-19-12;;/h5-13,20,27H,1-4H3;5-14,20,26H,1-4H3;6-10,16,21H,1-5H3;1-9,16,24H;1-7,11,18H;;/q;;;2*-1;2*+1. The maximum Gasteiger partial charge on any atom is 1.00 e. The summed E-state index contributed by atoms with van der Waals surface area (Å²) in [6, 6.07) is 69.9. The van der Waals surface area contributed by atoms with Gasteiger partial charge in [0, 0.05) is 69.4 Å². The number of anilines is 5. The zero-order chi connectivity index (χ0) is 94.4. The van der Waals surface area contributed by atoms with Gasteiger partial charge in [0.25, 0.3) is 0 Å². The summed E-state index contributed by atoms with van der Waals surface area (Å²) < 4.78 is 164. The zero-order valence-electron chi connectivity index (χ0n) is 75.4. The fourth-order valence-corrected chi connectivity index (χ4v) is 12.9. The van der Waals surface area contributed by atoms with Crippen molar-refractivity contribution < 1.29 is 188 Å². The third-order valence-corrected chi connectivity index (χ3v) is 22.6. The van der Waals surface area contributed by atoms with Crippen molar-refractivity contribution in [2.24, 2.45) is 0 Å². The van der Waals surface area contributed by atoms with Crippen molar-refractivity contribution in [3.05, 3.63) is 289 Å². The first-order valence-corrected chi connectivity index (χ1v) is 41.3. The van der Waals surface area contributed by atoms with Crippen molar-refractivity contribution in [1.82, 2.24) is 20.6 Å². The van der Waals surface area contributed by atoms with Gasteiger partial charge in [-0.25, -0.2) is 8.78 Å². The van der Waals surface area contributed by atoms with Gasteiger partial charge in [-0.15, -0.1) is 10.9 Å². The number of hydrogen-bond donors (Lipinski definition) is 5. The number of nitriles is 5. The molecule has 0 radical (unpaired) electrons. The van der Waals surface area contributed by atoms with Crippen molar-refractivity contribution >= 4 is 91.1 Å². The summed E-state index contributed by atoms with van der Waals surface area (Å²) in [5.74, 6) is 1.80. The summed E-state index contributed by atoms with van der Waals surface area (Å²) in [5.41, 5.74) is 6.16. The second kappa shape index (κ2) is 44.5. The molecule has 0 aliphatic carbocycles. The molecular formula is C93H89B5F8K2N14O11. The normalized spacial score (nSPS) is 16.1. The predicted octanol–water partition coefficient (Wildman–Crippen LogP) is 13.0. The Labute approximate surface area is 850 Å². The van der Waals surface area contributed by atoms with Gasteiger partial charge in [0.1, 0.15) is 45.9 Å². The Bertz CT molecular complexity index is 6160. The summed E-state index contributed by atoms with van der Waals surface area (Å²) in [7, 11) is -1.26. The van der Waals surface area contributed by atoms with Crippen molar-refractivity contribution in [3.8, 4) is 64.3 Å². The molecule has 3 saturated heterocycles. The summed E-state index contributed by atoms with van der Waals surface area (Å²) in [6.07, 6.45) is 1.43. The largest absolute Gasteiger partial charge is 1.00 e. The Morgan fingerprint density at radius 2 is 0.571 bits per heavy atom. The van der Waals surface area contributed by atoms with E-state index in [1.54, 1.807) is 49.4 Å². The van der Waals surface area contributed by atoms with Gasteiger partial charge in [0.2, 0.25) is 0 Å². The molecule has 0 bridgehead atoms. The first kappa shape index (κ1) is 104. The quantitative estimate of drug-likeness (QED) is 0.0293. The number of hydrogen-bond acceptors (Lipinski definition) is 25. The van der Waals surface area contributed by atoms with Crippen LogP contribution in [0, 0.1) is 75.2 Å². The molecule has 133 heavy (non-hydrogen) atoms. The number of aryl methyl sites for hydroxylation is 1. The van der Waals surface area contributed by atoms with Gasteiger partial charge in [-0.1, -0.05) is 112 Å². The predicted molar refractivity (Wildman–Crippen MR) is 482 cm³/mol. The molecule has 40 heteroatoms. The van der Waals surface area contributed by atoms with E-state index in [-0.39, 0.29) is 137 Å². The Morgan fingerprint density at radius 3 is 0.820 bits per heavy atom. The Kier molecular flexibility index (Phi) is 34.9. The third kappa shape index (κ3) is 26.8. The van der Waals surface area contributed by atoms with Crippen LogP contribution in [-0.4, -0.2) is 89.5 Å². The molecule has 5 unspecified atom stereocenters. The van der Waals surface area contributed by atoms with E-state index in [0.29, 0.717) is 68.4 Å². The van der Waals surface area contributed by atoms with Crippen LogP contribution in [0.15, 0.2) is 265 Å². The Balaban J connectivity index is 0.000000173. The van der Waals surface area contributed by atoms with Crippen LogP contribution in [0.25, 0.3) is 34.0 Å². The molecule has 5 aromatic heterocycles. The van der Waals surface area contributed by atoms with E-state index in [1.165, 1.54) is 73.0 Å². The molecule has 670 valence electrons. The molecular weight excluding hydrogens is 1770 g/mol. The topological polar surface area (TPSA) is 352 Å². The smallest absolute Gasteiger partial charge is 0.466 e. The average Bonchev–Trinajstić information content (AvgIpc) is 1.63. The van der Waals surface area contributed by atoms with Crippen LogP contribution in [0.4, 0.5) is 63.1 Å². The van der Waals surface area contributed by atoms with Crippen molar-refractivity contribution in [2.45, 2.75) is 154 Å². The van der Waals surface area contributed by atoms with Gasteiger partial charge in [0.05, 0.1) is 70.2 Å². The molecule has 3 fully saturated rings. The van der Waals surface area contributed by atoms with Crippen molar-refractivity contribution in [1.29, 1.82) is 26.3 Å². The van der Waals surface area contributed by atoms with Crippen LogP contribution in [-0.2, 0) is 27.9 Å². The first-order valence-electron chi connectivity index (χ1n) is 41.3. The molecule has 0 amide bonds. The number of halogens is 8. The van der Waals surface area contributed by atoms with Crippen LogP contribution in [0.5, 0.6) is 0 Å². The number of nitrogens with zero attached hydrogens (tertiary/aromatic N) is 9. The number of furan rings is 1. The number of nitrogens with one attached hydrogen (secondary N) is 5. The van der Waals surface area contributed by atoms with E-state index in [0.717, 1.165) is 63.3 Å². The molecule has 25 nitrogen and oxygen atoms in total. The first-order chi connectivity index (χ1) is 62.1. The zero-order valence-corrected chi connectivity index (χ0v) is 81.7.